The van der Waals surface area contributed by atoms with Crippen molar-refractivity contribution in [3.8, 4) is 0 Å². The molecule has 0 bridgehead atoms. The predicted molar refractivity (Wildman–Crippen MR) is 124 cm³/mol. The zero-order valence-electron chi connectivity index (χ0n) is 19.0. The van der Waals surface area contributed by atoms with Crippen molar-refractivity contribution in [2.24, 2.45) is 0 Å². The Bertz CT molecular complexity index is 1110. The van der Waals surface area contributed by atoms with E-state index in [-0.39, 0.29) is 37.4 Å². The Labute approximate surface area is 198 Å². The van der Waals surface area contributed by atoms with Gasteiger partial charge in [-0.15, -0.1) is 0 Å². The normalized spacial score (nSPS) is 11.9. The van der Waals surface area contributed by atoms with E-state index in [0.29, 0.717) is 5.56 Å². The maximum absolute atomic E-state index is 13.6. The number of hydrogen-bond acceptors (Lipinski definition) is 6. The van der Waals surface area contributed by atoms with Crippen molar-refractivity contribution in [3.05, 3.63) is 71.0 Å². The highest BCUT2D eigenvalue weighted by molar-refractivity contribution is 7.90. The largest absolute Gasteiger partial charge is 0.445 e. The molecule has 1 unspecified atom stereocenters. The Morgan fingerprint density at radius 3 is 2.35 bits per heavy atom. The van der Waals surface area contributed by atoms with Crippen LogP contribution in [0.1, 0.15) is 27.9 Å². The van der Waals surface area contributed by atoms with Crippen LogP contribution in [0.5, 0.6) is 0 Å². The molecule has 9 nitrogen and oxygen atoms in total. The first kappa shape index (κ1) is 26.8. The van der Waals surface area contributed by atoms with Crippen molar-refractivity contribution in [1.82, 2.24) is 16.0 Å². The van der Waals surface area contributed by atoms with Gasteiger partial charge in [-0.2, -0.15) is 0 Å². The summed E-state index contributed by atoms with van der Waals surface area (Å²) in [6.45, 7) is 1.61. The van der Waals surface area contributed by atoms with Gasteiger partial charge in [-0.25, -0.2) is 17.6 Å². The lowest BCUT2D eigenvalue weighted by molar-refractivity contribution is -0.123. The van der Waals surface area contributed by atoms with Gasteiger partial charge in [-0.3, -0.25) is 9.59 Å². The fourth-order valence-corrected chi connectivity index (χ4v) is 3.49. The van der Waals surface area contributed by atoms with Gasteiger partial charge in [0.2, 0.25) is 5.91 Å². The summed E-state index contributed by atoms with van der Waals surface area (Å²) in [6.07, 6.45) is 0.00591. The molecule has 0 fully saturated rings. The van der Waals surface area contributed by atoms with Crippen molar-refractivity contribution in [2.75, 3.05) is 25.1 Å². The van der Waals surface area contributed by atoms with Crippen LogP contribution in [0.2, 0.25) is 0 Å². The molecule has 3 N–H and O–H groups in total. The second-order valence-corrected chi connectivity index (χ2v) is 9.95. The molecule has 0 aromatic heterocycles. The number of benzene rings is 2. The fourth-order valence-electron chi connectivity index (χ4n) is 2.83. The molecule has 0 spiro atoms. The highest BCUT2D eigenvalue weighted by Crippen LogP contribution is 2.09. The minimum atomic E-state index is -3.38. The molecule has 184 valence electrons. The SMILES string of the molecule is Cc1ccc(C(=O)NCCNC(=O)C(CCS(C)(=O)=O)NC(=O)OCc2ccccc2)cc1F. The van der Waals surface area contributed by atoms with E-state index in [9.17, 15) is 27.2 Å². The molecule has 0 saturated carbocycles. The highest BCUT2D eigenvalue weighted by atomic mass is 32.2. The third kappa shape index (κ3) is 9.57. The summed E-state index contributed by atoms with van der Waals surface area (Å²) >= 11 is 0. The molecule has 0 radical (unpaired) electrons. The van der Waals surface area contributed by atoms with Crippen molar-refractivity contribution in [1.29, 1.82) is 0 Å². The van der Waals surface area contributed by atoms with Crippen LogP contribution < -0.4 is 16.0 Å². The van der Waals surface area contributed by atoms with Crippen molar-refractivity contribution < 1.29 is 31.9 Å². The first-order valence-corrected chi connectivity index (χ1v) is 12.6. The summed E-state index contributed by atoms with van der Waals surface area (Å²) in [5, 5.41) is 7.46. The minimum Gasteiger partial charge on any atom is -0.445 e. The summed E-state index contributed by atoms with van der Waals surface area (Å²) in [6, 6.07) is 11.9. The summed E-state index contributed by atoms with van der Waals surface area (Å²) in [5.41, 5.74) is 1.31. The second-order valence-electron chi connectivity index (χ2n) is 7.69. The molecule has 0 saturated heterocycles. The molecule has 1 atom stereocenters. The monoisotopic (exact) mass is 493 g/mol. The van der Waals surface area contributed by atoms with Crippen LogP contribution in [0, 0.1) is 12.7 Å². The van der Waals surface area contributed by atoms with E-state index in [0.717, 1.165) is 17.9 Å². The molecule has 0 aliphatic carbocycles. The van der Waals surface area contributed by atoms with Gasteiger partial charge >= 0.3 is 6.09 Å². The number of carbonyl (C=O) groups excluding carboxylic acids is 3. The Hall–Kier alpha value is -3.47. The number of alkyl carbamates (subject to hydrolysis) is 1. The van der Waals surface area contributed by atoms with E-state index in [1.807, 2.05) is 6.07 Å². The fraction of sp³-hybridized carbons (Fsp3) is 0.348. The molecule has 0 aliphatic heterocycles. The van der Waals surface area contributed by atoms with Crippen LogP contribution in [-0.2, 0) is 26.0 Å². The van der Waals surface area contributed by atoms with Gasteiger partial charge in [0.15, 0.2) is 0 Å². The third-order valence-corrected chi connectivity index (χ3v) is 5.72. The highest BCUT2D eigenvalue weighted by Gasteiger charge is 2.23. The van der Waals surface area contributed by atoms with E-state index < -0.39 is 39.6 Å². The smallest absolute Gasteiger partial charge is 0.408 e. The van der Waals surface area contributed by atoms with Gasteiger partial charge in [0.1, 0.15) is 28.3 Å². The average molecular weight is 494 g/mol. The van der Waals surface area contributed by atoms with Gasteiger partial charge in [0.25, 0.3) is 5.91 Å². The number of nitrogens with one attached hydrogen (secondary N) is 3. The first-order valence-electron chi connectivity index (χ1n) is 10.5. The molecule has 2 aromatic carbocycles. The lowest BCUT2D eigenvalue weighted by Gasteiger charge is -2.18. The van der Waals surface area contributed by atoms with Crippen LogP contribution in [0.3, 0.4) is 0 Å². The summed E-state index contributed by atoms with van der Waals surface area (Å²) in [7, 11) is -3.38. The lowest BCUT2D eigenvalue weighted by Crippen LogP contribution is -2.49. The van der Waals surface area contributed by atoms with Crippen LogP contribution in [-0.4, -0.2) is 57.5 Å². The molecular formula is C23H28FN3O6S. The Morgan fingerprint density at radius 1 is 1.03 bits per heavy atom. The number of sulfone groups is 1. The third-order valence-electron chi connectivity index (χ3n) is 4.74. The maximum Gasteiger partial charge on any atom is 0.408 e. The number of amides is 3. The van der Waals surface area contributed by atoms with Gasteiger partial charge in [-0.1, -0.05) is 36.4 Å². The number of ether oxygens (including phenoxy) is 1. The van der Waals surface area contributed by atoms with Gasteiger partial charge in [0.05, 0.1) is 5.75 Å². The second kappa shape index (κ2) is 12.7. The van der Waals surface area contributed by atoms with E-state index in [1.54, 1.807) is 31.2 Å². The van der Waals surface area contributed by atoms with Crippen LogP contribution >= 0.6 is 0 Å². The average Bonchev–Trinajstić information content (AvgIpc) is 2.79. The van der Waals surface area contributed by atoms with Gasteiger partial charge in [0, 0.05) is 24.9 Å². The van der Waals surface area contributed by atoms with E-state index >= 15 is 0 Å². The molecule has 0 aliphatic rings. The molecular weight excluding hydrogens is 465 g/mol. The van der Waals surface area contributed by atoms with E-state index in [4.69, 9.17) is 4.74 Å². The van der Waals surface area contributed by atoms with Crippen molar-refractivity contribution in [2.45, 2.75) is 26.0 Å². The summed E-state index contributed by atoms with van der Waals surface area (Å²) < 4.78 is 41.7. The molecule has 34 heavy (non-hydrogen) atoms. The minimum absolute atomic E-state index is 0.00896. The molecule has 3 amide bonds. The van der Waals surface area contributed by atoms with Gasteiger partial charge in [-0.05, 0) is 36.6 Å². The summed E-state index contributed by atoms with van der Waals surface area (Å²) in [5.74, 6) is -1.96. The molecule has 11 heteroatoms. The summed E-state index contributed by atoms with van der Waals surface area (Å²) in [4.78, 5) is 36.8. The maximum atomic E-state index is 13.6. The van der Waals surface area contributed by atoms with E-state index in [2.05, 4.69) is 16.0 Å². The van der Waals surface area contributed by atoms with Crippen LogP contribution in [0.25, 0.3) is 0 Å². The quantitative estimate of drug-likeness (QED) is 0.409. The van der Waals surface area contributed by atoms with Crippen molar-refractivity contribution >= 4 is 27.7 Å². The van der Waals surface area contributed by atoms with Crippen molar-refractivity contribution in [3.63, 3.8) is 0 Å². The van der Waals surface area contributed by atoms with Gasteiger partial charge < -0.3 is 20.7 Å². The lowest BCUT2D eigenvalue weighted by atomic mass is 10.1. The zero-order chi connectivity index (χ0) is 25.1. The Balaban J connectivity index is 1.85. The Morgan fingerprint density at radius 2 is 1.71 bits per heavy atom. The first-order chi connectivity index (χ1) is 16.0. The number of aryl methyl sites for hydroxylation is 1. The number of hydrogen-bond donors (Lipinski definition) is 3. The standard InChI is InChI=1S/C23H28FN3O6S/c1-16-8-9-18(14-19(16)24)21(28)25-11-12-26-22(29)20(10-13-34(2,31)32)27-23(30)33-15-17-6-4-3-5-7-17/h3-9,14,20H,10-13,15H2,1-2H3,(H,25,28)(H,26,29)(H,27,30). The zero-order valence-corrected chi connectivity index (χ0v) is 19.8. The molecule has 0 heterocycles. The van der Waals surface area contributed by atoms with Crippen LogP contribution in [0.4, 0.5) is 9.18 Å². The number of carbonyl (C=O) groups is 3. The van der Waals surface area contributed by atoms with E-state index in [1.165, 1.54) is 12.1 Å². The molecule has 2 aromatic rings. The number of halogens is 1. The number of rotatable bonds is 11. The Kier molecular flexibility index (Phi) is 9.99. The molecule has 2 rings (SSSR count). The predicted octanol–water partition coefficient (Wildman–Crippen LogP) is 1.71. The topological polar surface area (TPSA) is 131 Å². The van der Waals surface area contributed by atoms with Crippen LogP contribution in [0.15, 0.2) is 48.5 Å².